The Hall–Kier alpha value is -1.44. The summed E-state index contributed by atoms with van der Waals surface area (Å²) in [5.41, 5.74) is 0.539. The zero-order chi connectivity index (χ0) is 11.5. The van der Waals surface area contributed by atoms with E-state index in [1.807, 2.05) is 6.07 Å². The fourth-order valence-corrected chi connectivity index (χ4v) is 1.26. The number of ether oxygens (including phenoxy) is 2. The molecule has 80 valence electrons. The number of rotatable bonds is 3. The second kappa shape index (κ2) is 4.39. The fraction of sp³-hybridized carbons (Fsp3) is 0.364. The lowest BCUT2D eigenvalue weighted by atomic mass is 10.0. The topological polar surface area (TPSA) is 42.2 Å². The molecule has 0 atom stereocenters. The quantitative estimate of drug-likeness (QED) is 0.716. The number of halogens is 1. The molecule has 0 aliphatic rings. The van der Waals surface area contributed by atoms with Gasteiger partial charge in [0.25, 0.3) is 0 Å². The van der Waals surface area contributed by atoms with Crippen molar-refractivity contribution in [3.05, 3.63) is 35.1 Å². The van der Waals surface area contributed by atoms with E-state index in [1.54, 1.807) is 6.92 Å². The number of hydrogen-bond donors (Lipinski definition) is 0. The minimum Gasteiger partial charge on any atom is -0.349 e. The number of nitriles is 1. The Balaban J connectivity index is 3.22. The molecule has 1 aromatic carbocycles. The van der Waals surface area contributed by atoms with E-state index in [-0.39, 0.29) is 11.1 Å². The molecule has 0 radical (unpaired) electrons. The van der Waals surface area contributed by atoms with Gasteiger partial charge in [0.2, 0.25) is 0 Å². The van der Waals surface area contributed by atoms with Gasteiger partial charge in [0.15, 0.2) is 5.79 Å². The van der Waals surface area contributed by atoms with Crippen molar-refractivity contribution in [2.75, 3.05) is 14.2 Å². The zero-order valence-corrected chi connectivity index (χ0v) is 8.87. The van der Waals surface area contributed by atoms with Gasteiger partial charge in [-0.25, -0.2) is 4.39 Å². The average molecular weight is 209 g/mol. The van der Waals surface area contributed by atoms with Crippen molar-refractivity contribution >= 4 is 0 Å². The summed E-state index contributed by atoms with van der Waals surface area (Å²) < 4.78 is 23.8. The van der Waals surface area contributed by atoms with Gasteiger partial charge in [-0.05, 0) is 25.1 Å². The maximum absolute atomic E-state index is 13.6. The summed E-state index contributed by atoms with van der Waals surface area (Å²) in [5.74, 6) is -1.64. The van der Waals surface area contributed by atoms with Gasteiger partial charge in [-0.1, -0.05) is 0 Å². The van der Waals surface area contributed by atoms with Crippen LogP contribution in [0.15, 0.2) is 18.2 Å². The summed E-state index contributed by atoms with van der Waals surface area (Å²) in [6.07, 6.45) is 0. The lowest BCUT2D eigenvalue weighted by Gasteiger charge is -2.27. The van der Waals surface area contributed by atoms with Gasteiger partial charge < -0.3 is 9.47 Å². The molecular weight excluding hydrogens is 197 g/mol. The number of benzene rings is 1. The van der Waals surface area contributed by atoms with Gasteiger partial charge in [-0.3, -0.25) is 0 Å². The predicted octanol–water partition coefficient (Wildman–Crippen LogP) is 2.16. The van der Waals surface area contributed by atoms with Crippen molar-refractivity contribution in [1.82, 2.24) is 0 Å². The van der Waals surface area contributed by atoms with Crippen LogP contribution in [-0.2, 0) is 15.3 Å². The zero-order valence-electron chi connectivity index (χ0n) is 8.87. The summed E-state index contributed by atoms with van der Waals surface area (Å²) in [5, 5.41) is 8.59. The van der Waals surface area contributed by atoms with E-state index >= 15 is 0 Å². The Kier molecular flexibility index (Phi) is 3.40. The molecule has 4 heteroatoms. The van der Waals surface area contributed by atoms with Crippen LogP contribution in [0.3, 0.4) is 0 Å². The Morgan fingerprint density at radius 1 is 1.33 bits per heavy atom. The van der Waals surface area contributed by atoms with Gasteiger partial charge in [-0.15, -0.1) is 0 Å². The van der Waals surface area contributed by atoms with Gasteiger partial charge in [-0.2, -0.15) is 5.26 Å². The predicted molar refractivity (Wildman–Crippen MR) is 52.5 cm³/mol. The first-order valence-corrected chi connectivity index (χ1v) is 4.38. The van der Waals surface area contributed by atoms with Crippen LogP contribution in [0.1, 0.15) is 18.1 Å². The Labute approximate surface area is 88.0 Å². The monoisotopic (exact) mass is 209 g/mol. The molecule has 0 saturated carbocycles. The van der Waals surface area contributed by atoms with Crippen LogP contribution >= 0.6 is 0 Å². The second-order valence-electron chi connectivity index (χ2n) is 3.16. The van der Waals surface area contributed by atoms with Crippen molar-refractivity contribution in [3.63, 3.8) is 0 Å². The van der Waals surface area contributed by atoms with E-state index < -0.39 is 11.6 Å². The molecule has 0 N–H and O–H groups in total. The molecule has 1 rings (SSSR count). The highest BCUT2D eigenvalue weighted by Crippen LogP contribution is 2.27. The SMILES string of the molecule is COC(C)(OC)c1ccc(C#N)cc1F. The van der Waals surface area contributed by atoms with Gasteiger partial charge in [0, 0.05) is 19.8 Å². The first-order chi connectivity index (χ1) is 7.07. The Bertz CT molecular complexity index is 394. The number of methoxy groups -OCH3 is 2. The maximum Gasteiger partial charge on any atom is 0.194 e. The average Bonchev–Trinajstić information content (AvgIpc) is 2.27. The summed E-state index contributed by atoms with van der Waals surface area (Å²) in [4.78, 5) is 0. The number of nitrogens with zero attached hydrogens (tertiary/aromatic N) is 1. The Morgan fingerprint density at radius 2 is 1.93 bits per heavy atom. The molecule has 3 nitrogen and oxygen atoms in total. The van der Waals surface area contributed by atoms with E-state index in [0.717, 1.165) is 6.07 Å². The summed E-state index contributed by atoms with van der Waals surface area (Å²) >= 11 is 0. The third-order valence-electron chi connectivity index (χ3n) is 2.37. The molecule has 0 aliphatic heterocycles. The number of hydrogen-bond acceptors (Lipinski definition) is 3. The van der Waals surface area contributed by atoms with Crippen LogP contribution in [0.2, 0.25) is 0 Å². The van der Waals surface area contributed by atoms with Gasteiger partial charge >= 0.3 is 0 Å². The van der Waals surface area contributed by atoms with Gasteiger partial charge in [0.1, 0.15) is 5.82 Å². The molecule has 0 saturated heterocycles. The first-order valence-electron chi connectivity index (χ1n) is 4.38. The first kappa shape index (κ1) is 11.6. The van der Waals surface area contributed by atoms with E-state index in [1.165, 1.54) is 26.4 Å². The standard InChI is InChI=1S/C11H12FNO2/c1-11(14-2,15-3)9-5-4-8(7-13)6-10(9)12/h4-6H,1-3H3. The van der Waals surface area contributed by atoms with Crippen molar-refractivity contribution in [3.8, 4) is 6.07 Å². The smallest absolute Gasteiger partial charge is 0.194 e. The molecule has 15 heavy (non-hydrogen) atoms. The van der Waals surface area contributed by atoms with Gasteiger partial charge in [0.05, 0.1) is 11.6 Å². The van der Waals surface area contributed by atoms with Crippen LogP contribution in [-0.4, -0.2) is 14.2 Å². The van der Waals surface area contributed by atoms with Crippen LogP contribution in [0.5, 0.6) is 0 Å². The minimum absolute atomic E-state index is 0.269. The summed E-state index contributed by atoms with van der Waals surface area (Å²) in [7, 11) is 2.86. The van der Waals surface area contributed by atoms with Crippen LogP contribution in [0.25, 0.3) is 0 Å². The van der Waals surface area contributed by atoms with E-state index in [9.17, 15) is 4.39 Å². The molecular formula is C11H12FNO2. The highest BCUT2D eigenvalue weighted by Gasteiger charge is 2.28. The molecule has 0 unspecified atom stereocenters. The van der Waals surface area contributed by atoms with Crippen molar-refractivity contribution in [1.29, 1.82) is 5.26 Å². The maximum atomic E-state index is 13.6. The third kappa shape index (κ3) is 2.14. The molecule has 0 spiro atoms. The molecule has 0 heterocycles. The van der Waals surface area contributed by atoms with E-state index in [2.05, 4.69) is 0 Å². The van der Waals surface area contributed by atoms with Crippen molar-refractivity contribution < 1.29 is 13.9 Å². The summed E-state index contributed by atoms with van der Waals surface area (Å²) in [6.45, 7) is 1.61. The highest BCUT2D eigenvalue weighted by molar-refractivity contribution is 5.34. The molecule has 0 fully saturated rings. The minimum atomic E-state index is -1.13. The molecule has 0 aliphatic carbocycles. The Morgan fingerprint density at radius 3 is 2.33 bits per heavy atom. The van der Waals surface area contributed by atoms with Crippen LogP contribution < -0.4 is 0 Å². The molecule has 0 bridgehead atoms. The van der Waals surface area contributed by atoms with Crippen molar-refractivity contribution in [2.24, 2.45) is 0 Å². The third-order valence-corrected chi connectivity index (χ3v) is 2.37. The molecule has 0 amide bonds. The largest absolute Gasteiger partial charge is 0.349 e. The highest BCUT2D eigenvalue weighted by atomic mass is 19.1. The van der Waals surface area contributed by atoms with E-state index in [4.69, 9.17) is 14.7 Å². The van der Waals surface area contributed by atoms with Crippen LogP contribution in [0, 0.1) is 17.1 Å². The lowest BCUT2D eigenvalue weighted by molar-refractivity contribution is -0.203. The lowest BCUT2D eigenvalue weighted by Crippen LogP contribution is -2.27. The molecule has 0 aromatic heterocycles. The van der Waals surface area contributed by atoms with Crippen LogP contribution in [0.4, 0.5) is 4.39 Å². The summed E-state index contributed by atoms with van der Waals surface area (Å²) in [6, 6.07) is 6.03. The van der Waals surface area contributed by atoms with E-state index in [0.29, 0.717) is 0 Å². The molecule has 1 aromatic rings. The van der Waals surface area contributed by atoms with Crippen molar-refractivity contribution in [2.45, 2.75) is 12.7 Å². The second-order valence-corrected chi connectivity index (χ2v) is 3.16. The normalized spacial score (nSPS) is 11.1. The fourth-order valence-electron chi connectivity index (χ4n) is 1.26.